The minimum atomic E-state index is 0. The number of unbranched alkanes of at least 4 members (excludes halogenated alkanes) is 4. The Bertz CT molecular complexity index is 76.9. The lowest BCUT2D eigenvalue weighted by atomic mass is 10.1. The molecule has 0 aromatic rings. The number of rotatable bonds is 6. The van der Waals surface area contributed by atoms with Gasteiger partial charge in [0, 0.05) is 0 Å². The standard InChI is InChI=1S/C10H20.H3N/c1-2-3-4-5-6-7-10-8-9-10;/h10H,2-9H2,1H3;1H3. The maximum absolute atomic E-state index is 2.28. The van der Waals surface area contributed by atoms with Gasteiger partial charge in [0.1, 0.15) is 0 Å². The van der Waals surface area contributed by atoms with Crippen molar-refractivity contribution in [1.82, 2.24) is 6.15 Å². The quantitative estimate of drug-likeness (QED) is 0.583. The van der Waals surface area contributed by atoms with Crippen LogP contribution < -0.4 is 6.15 Å². The molecule has 1 fully saturated rings. The lowest BCUT2D eigenvalue weighted by Gasteiger charge is -1.97. The van der Waals surface area contributed by atoms with Crippen molar-refractivity contribution in [2.75, 3.05) is 0 Å². The lowest BCUT2D eigenvalue weighted by Crippen LogP contribution is -1.79. The smallest absolute Gasteiger partial charge is 0.0414 e. The van der Waals surface area contributed by atoms with Crippen molar-refractivity contribution >= 4 is 0 Å². The first-order valence-corrected chi connectivity index (χ1v) is 4.93. The van der Waals surface area contributed by atoms with Crippen LogP contribution in [-0.2, 0) is 0 Å². The average Bonchev–Trinajstić information content (AvgIpc) is 2.71. The zero-order valence-corrected chi connectivity index (χ0v) is 7.94. The highest BCUT2D eigenvalue weighted by molar-refractivity contribution is 4.72. The second-order valence-corrected chi connectivity index (χ2v) is 3.65. The van der Waals surface area contributed by atoms with Crippen LogP contribution in [0.1, 0.15) is 58.3 Å². The van der Waals surface area contributed by atoms with E-state index in [0.717, 1.165) is 5.92 Å². The Morgan fingerprint density at radius 1 is 1.00 bits per heavy atom. The number of hydrogen-bond donors (Lipinski definition) is 1. The van der Waals surface area contributed by atoms with Crippen LogP contribution in [0.15, 0.2) is 0 Å². The van der Waals surface area contributed by atoms with E-state index in [1.807, 2.05) is 0 Å². The topological polar surface area (TPSA) is 35.0 Å². The zero-order valence-electron chi connectivity index (χ0n) is 7.94. The fourth-order valence-electron chi connectivity index (χ4n) is 1.44. The number of hydrogen-bond acceptors (Lipinski definition) is 1. The highest BCUT2D eigenvalue weighted by Crippen LogP contribution is 2.34. The highest BCUT2D eigenvalue weighted by Gasteiger charge is 2.19. The molecule has 0 spiro atoms. The Labute approximate surface area is 71.2 Å². The van der Waals surface area contributed by atoms with Crippen molar-refractivity contribution in [3.8, 4) is 0 Å². The monoisotopic (exact) mass is 157 g/mol. The molecular formula is C10H23N. The SMILES string of the molecule is CCCCCCCC1CC1.N. The van der Waals surface area contributed by atoms with Crippen molar-refractivity contribution in [3.05, 3.63) is 0 Å². The molecule has 1 rings (SSSR count). The summed E-state index contributed by atoms with van der Waals surface area (Å²) in [7, 11) is 0. The summed E-state index contributed by atoms with van der Waals surface area (Å²) in [4.78, 5) is 0. The van der Waals surface area contributed by atoms with E-state index in [2.05, 4.69) is 6.92 Å². The molecule has 1 saturated carbocycles. The first kappa shape index (κ1) is 11.0. The third kappa shape index (κ3) is 6.36. The third-order valence-corrected chi connectivity index (χ3v) is 2.41. The molecular weight excluding hydrogens is 134 g/mol. The van der Waals surface area contributed by atoms with Crippen LogP contribution in [-0.4, -0.2) is 0 Å². The Kier molecular flexibility index (Phi) is 6.63. The van der Waals surface area contributed by atoms with Gasteiger partial charge in [-0.1, -0.05) is 58.3 Å². The predicted octanol–water partition coefficient (Wildman–Crippen LogP) is 3.92. The maximum Gasteiger partial charge on any atom is -0.0414 e. The van der Waals surface area contributed by atoms with Crippen LogP contribution in [0.3, 0.4) is 0 Å². The predicted molar refractivity (Wildman–Crippen MR) is 51.1 cm³/mol. The average molecular weight is 157 g/mol. The normalized spacial score (nSPS) is 16.1. The van der Waals surface area contributed by atoms with Gasteiger partial charge in [0.2, 0.25) is 0 Å². The summed E-state index contributed by atoms with van der Waals surface area (Å²) in [6.07, 6.45) is 11.9. The van der Waals surface area contributed by atoms with E-state index >= 15 is 0 Å². The molecule has 0 aromatic heterocycles. The minimum absolute atomic E-state index is 0. The van der Waals surface area contributed by atoms with Crippen LogP contribution in [0, 0.1) is 5.92 Å². The molecule has 68 valence electrons. The van der Waals surface area contributed by atoms with E-state index in [9.17, 15) is 0 Å². The zero-order chi connectivity index (χ0) is 7.23. The first-order valence-electron chi connectivity index (χ1n) is 4.93. The van der Waals surface area contributed by atoms with Crippen molar-refractivity contribution in [3.63, 3.8) is 0 Å². The van der Waals surface area contributed by atoms with Gasteiger partial charge in [-0.3, -0.25) is 0 Å². The Morgan fingerprint density at radius 2 is 1.64 bits per heavy atom. The Balaban J connectivity index is 0.000001000. The van der Waals surface area contributed by atoms with E-state index in [1.165, 1.54) is 51.4 Å². The van der Waals surface area contributed by atoms with E-state index in [0.29, 0.717) is 0 Å². The van der Waals surface area contributed by atoms with Gasteiger partial charge in [-0.2, -0.15) is 0 Å². The largest absolute Gasteiger partial charge is 0.344 e. The van der Waals surface area contributed by atoms with Crippen molar-refractivity contribution in [1.29, 1.82) is 0 Å². The molecule has 0 radical (unpaired) electrons. The Hall–Kier alpha value is -0.0400. The molecule has 0 bridgehead atoms. The molecule has 0 aromatic carbocycles. The summed E-state index contributed by atoms with van der Waals surface area (Å²) in [5.74, 6) is 1.15. The summed E-state index contributed by atoms with van der Waals surface area (Å²) < 4.78 is 0. The second-order valence-electron chi connectivity index (χ2n) is 3.65. The first-order chi connectivity index (χ1) is 4.93. The molecule has 0 unspecified atom stereocenters. The summed E-state index contributed by atoms with van der Waals surface area (Å²) >= 11 is 0. The van der Waals surface area contributed by atoms with Crippen LogP contribution in [0.25, 0.3) is 0 Å². The molecule has 1 heteroatoms. The fourth-order valence-corrected chi connectivity index (χ4v) is 1.44. The summed E-state index contributed by atoms with van der Waals surface area (Å²) in [5.41, 5.74) is 0. The van der Waals surface area contributed by atoms with Gasteiger partial charge in [-0.15, -0.1) is 0 Å². The van der Waals surface area contributed by atoms with Crippen LogP contribution in [0.4, 0.5) is 0 Å². The Morgan fingerprint density at radius 3 is 2.18 bits per heavy atom. The molecule has 1 nitrogen and oxygen atoms in total. The molecule has 1 aliphatic rings. The molecule has 0 saturated heterocycles. The van der Waals surface area contributed by atoms with E-state index in [1.54, 1.807) is 0 Å². The third-order valence-electron chi connectivity index (χ3n) is 2.41. The van der Waals surface area contributed by atoms with Crippen LogP contribution in [0.5, 0.6) is 0 Å². The molecule has 0 atom stereocenters. The van der Waals surface area contributed by atoms with Crippen LogP contribution in [0.2, 0.25) is 0 Å². The molecule has 1 aliphatic carbocycles. The summed E-state index contributed by atoms with van der Waals surface area (Å²) in [6, 6.07) is 0. The van der Waals surface area contributed by atoms with Crippen LogP contribution >= 0.6 is 0 Å². The van der Waals surface area contributed by atoms with Gasteiger partial charge in [0.25, 0.3) is 0 Å². The van der Waals surface area contributed by atoms with Crippen molar-refractivity contribution in [2.24, 2.45) is 5.92 Å². The van der Waals surface area contributed by atoms with Gasteiger partial charge < -0.3 is 6.15 Å². The van der Waals surface area contributed by atoms with Gasteiger partial charge >= 0.3 is 0 Å². The van der Waals surface area contributed by atoms with E-state index in [-0.39, 0.29) is 6.15 Å². The molecule has 0 heterocycles. The van der Waals surface area contributed by atoms with Gasteiger partial charge in [-0.25, -0.2) is 0 Å². The fraction of sp³-hybridized carbons (Fsp3) is 1.00. The van der Waals surface area contributed by atoms with Crippen molar-refractivity contribution < 1.29 is 0 Å². The van der Waals surface area contributed by atoms with Gasteiger partial charge in [-0.05, 0) is 5.92 Å². The minimum Gasteiger partial charge on any atom is -0.344 e. The van der Waals surface area contributed by atoms with Crippen molar-refractivity contribution in [2.45, 2.75) is 58.3 Å². The summed E-state index contributed by atoms with van der Waals surface area (Å²) in [6.45, 7) is 2.28. The molecule has 3 N–H and O–H groups in total. The summed E-state index contributed by atoms with van der Waals surface area (Å²) in [5, 5.41) is 0. The maximum atomic E-state index is 2.28. The van der Waals surface area contributed by atoms with E-state index in [4.69, 9.17) is 0 Å². The van der Waals surface area contributed by atoms with Gasteiger partial charge in [0.15, 0.2) is 0 Å². The van der Waals surface area contributed by atoms with E-state index < -0.39 is 0 Å². The lowest BCUT2D eigenvalue weighted by molar-refractivity contribution is 0.580. The highest BCUT2D eigenvalue weighted by atomic mass is 14.2. The molecule has 0 aliphatic heterocycles. The molecule has 11 heavy (non-hydrogen) atoms. The molecule has 0 amide bonds. The second kappa shape index (κ2) is 6.66. The van der Waals surface area contributed by atoms with Gasteiger partial charge in [0.05, 0.1) is 0 Å².